The number of nitrogens with one attached hydrogen (secondary N) is 1. The first kappa shape index (κ1) is 27.2. The molecule has 0 aliphatic carbocycles. The van der Waals surface area contributed by atoms with E-state index in [2.05, 4.69) is 26.0 Å². The number of alkyl halides is 1. The molecule has 5 aliphatic rings. The summed E-state index contributed by atoms with van der Waals surface area (Å²) in [6.45, 7) is 1.98. The van der Waals surface area contributed by atoms with Crippen molar-refractivity contribution in [2.75, 3.05) is 31.1 Å². The molecule has 2 aromatic heterocycles. The summed E-state index contributed by atoms with van der Waals surface area (Å²) in [4.78, 5) is 27.7. The molecule has 8 nitrogen and oxygen atoms in total. The SMILES string of the molecule is C#Cc1c(F)ccc2cccc(-c3nc4c5c(nc(=O)n(C[C@@]67CCCN6C[C@H](F)C7)c5c3F)N3C[C@H]5CC[C@H](N5)[C@H]3CO4)c12. The van der Waals surface area contributed by atoms with Crippen molar-refractivity contribution < 1.29 is 17.9 Å². The molecule has 4 fully saturated rings. The fourth-order valence-electron chi connectivity index (χ4n) is 8.88. The van der Waals surface area contributed by atoms with Crippen molar-refractivity contribution in [2.24, 2.45) is 0 Å². The van der Waals surface area contributed by atoms with E-state index in [0.717, 1.165) is 25.8 Å². The molecular weight excluding hydrogens is 581 g/mol. The average Bonchev–Trinajstić information content (AvgIpc) is 3.66. The minimum absolute atomic E-state index is 0.00338. The molecule has 0 unspecified atom stereocenters. The monoisotopic (exact) mass is 612 g/mol. The highest BCUT2D eigenvalue weighted by molar-refractivity contribution is 6.03. The summed E-state index contributed by atoms with van der Waals surface area (Å²) in [5.74, 6) is 1.62. The molecular formula is C34H31F3N6O2. The predicted molar refractivity (Wildman–Crippen MR) is 164 cm³/mol. The number of halogens is 3. The van der Waals surface area contributed by atoms with Gasteiger partial charge in [0.25, 0.3) is 0 Å². The molecule has 4 aromatic rings. The van der Waals surface area contributed by atoms with Crippen molar-refractivity contribution in [1.82, 2.24) is 24.8 Å². The van der Waals surface area contributed by atoms with Gasteiger partial charge in [-0.2, -0.15) is 4.98 Å². The molecule has 9 rings (SSSR count). The van der Waals surface area contributed by atoms with Crippen LogP contribution in [0.2, 0.25) is 0 Å². The van der Waals surface area contributed by atoms with E-state index in [9.17, 15) is 13.6 Å². The van der Waals surface area contributed by atoms with Gasteiger partial charge in [-0.1, -0.05) is 30.2 Å². The number of rotatable bonds is 3. The standard InChI is InChI=1S/C34H31F3N6O2/c1-2-21-23(36)9-7-18-5-3-6-22(26(18)21)29-28(37)30-27-31(42-15-20-8-10-24(38-20)25(42)16-45-32(27)39-29)40-33(44)43(30)17-34-11-4-12-41(34)14-19(35)13-34/h1,3,5-7,9,19-20,24-25,38H,4,8,10-17H2/t19-,20-,24+,25-,34+/m1/s1. The normalized spacial score (nSPS) is 28.6. The van der Waals surface area contributed by atoms with Crippen molar-refractivity contribution >= 4 is 27.5 Å². The van der Waals surface area contributed by atoms with Crippen LogP contribution >= 0.6 is 0 Å². The minimum atomic E-state index is -1.02. The second-order valence-corrected chi connectivity index (χ2v) is 13.2. The number of terminal acetylenes is 1. The Balaban J connectivity index is 1.34. The maximum Gasteiger partial charge on any atom is 0.350 e. The number of piperazine rings is 1. The van der Waals surface area contributed by atoms with E-state index in [0.29, 0.717) is 47.1 Å². The quantitative estimate of drug-likeness (QED) is 0.349. The van der Waals surface area contributed by atoms with Crippen LogP contribution in [0.3, 0.4) is 0 Å². The van der Waals surface area contributed by atoms with Crippen molar-refractivity contribution in [2.45, 2.75) is 68.5 Å². The molecule has 0 radical (unpaired) electrons. The van der Waals surface area contributed by atoms with Crippen LogP contribution in [0.15, 0.2) is 35.1 Å². The zero-order valence-electron chi connectivity index (χ0n) is 24.5. The average molecular weight is 613 g/mol. The molecule has 230 valence electrons. The molecule has 0 saturated carbocycles. The first-order valence-electron chi connectivity index (χ1n) is 15.7. The molecule has 2 bridgehead atoms. The van der Waals surface area contributed by atoms with E-state index in [1.165, 1.54) is 10.6 Å². The molecule has 5 atom stereocenters. The van der Waals surface area contributed by atoms with Crippen molar-refractivity contribution in [3.05, 3.63) is 58.0 Å². The van der Waals surface area contributed by atoms with Gasteiger partial charge in [-0.25, -0.2) is 22.9 Å². The third-order valence-corrected chi connectivity index (χ3v) is 10.8. The molecule has 11 heteroatoms. The summed E-state index contributed by atoms with van der Waals surface area (Å²) in [6, 6.07) is 8.30. The van der Waals surface area contributed by atoms with Crippen LogP contribution in [0.25, 0.3) is 32.9 Å². The summed E-state index contributed by atoms with van der Waals surface area (Å²) in [7, 11) is 0. The van der Waals surface area contributed by atoms with Crippen molar-refractivity contribution in [1.29, 1.82) is 0 Å². The van der Waals surface area contributed by atoms with Gasteiger partial charge in [-0.3, -0.25) is 9.47 Å². The number of benzene rings is 2. The van der Waals surface area contributed by atoms with Gasteiger partial charge in [0.05, 0.1) is 11.6 Å². The molecule has 45 heavy (non-hydrogen) atoms. The lowest BCUT2D eigenvalue weighted by atomic mass is 9.93. The smallest absolute Gasteiger partial charge is 0.350 e. The first-order chi connectivity index (χ1) is 21.8. The third kappa shape index (κ3) is 3.85. The Morgan fingerprint density at radius 3 is 2.89 bits per heavy atom. The number of hydrogen-bond donors (Lipinski definition) is 1. The summed E-state index contributed by atoms with van der Waals surface area (Å²) in [6.07, 6.45) is 8.53. The molecule has 5 aliphatic heterocycles. The summed E-state index contributed by atoms with van der Waals surface area (Å²) in [5.41, 5.74) is -0.982. The van der Waals surface area contributed by atoms with E-state index >= 15 is 4.39 Å². The van der Waals surface area contributed by atoms with E-state index in [-0.39, 0.29) is 60.4 Å². The van der Waals surface area contributed by atoms with Gasteiger partial charge in [0.2, 0.25) is 5.88 Å². The first-order valence-corrected chi connectivity index (χ1v) is 15.7. The van der Waals surface area contributed by atoms with Gasteiger partial charge in [-0.15, -0.1) is 6.42 Å². The number of pyridine rings is 1. The lowest BCUT2D eigenvalue weighted by molar-refractivity contribution is 0.169. The highest BCUT2D eigenvalue weighted by atomic mass is 19.1. The zero-order valence-corrected chi connectivity index (χ0v) is 24.5. The third-order valence-electron chi connectivity index (χ3n) is 10.8. The molecule has 2 aromatic carbocycles. The van der Waals surface area contributed by atoms with Gasteiger partial charge in [-0.05, 0) is 50.1 Å². The Kier molecular flexibility index (Phi) is 5.85. The Labute approximate surface area is 257 Å². The van der Waals surface area contributed by atoms with Crippen molar-refractivity contribution in [3.8, 4) is 29.5 Å². The second-order valence-electron chi connectivity index (χ2n) is 13.2. The number of aromatic nitrogens is 3. The number of fused-ring (bicyclic) bond motifs is 7. The highest BCUT2D eigenvalue weighted by Gasteiger charge is 2.50. The van der Waals surface area contributed by atoms with Gasteiger partial charge >= 0.3 is 5.69 Å². The summed E-state index contributed by atoms with van der Waals surface area (Å²) >= 11 is 0. The molecule has 0 spiro atoms. The Morgan fingerprint density at radius 2 is 2.02 bits per heavy atom. The van der Waals surface area contributed by atoms with Gasteiger partial charge in [0.1, 0.15) is 41.0 Å². The zero-order chi connectivity index (χ0) is 30.6. The predicted octanol–water partition coefficient (Wildman–Crippen LogP) is 4.15. The second kappa shape index (κ2) is 9.68. The van der Waals surface area contributed by atoms with Crippen LogP contribution in [-0.4, -0.2) is 75.5 Å². The summed E-state index contributed by atoms with van der Waals surface area (Å²) < 4.78 is 55.0. The topological polar surface area (TPSA) is 75.5 Å². The Bertz CT molecular complexity index is 2030. The van der Waals surface area contributed by atoms with E-state index in [1.54, 1.807) is 24.3 Å². The fraction of sp³-hybridized carbons (Fsp3) is 0.441. The molecule has 4 saturated heterocycles. The molecule has 7 heterocycles. The Morgan fingerprint density at radius 1 is 1.13 bits per heavy atom. The number of hydrogen-bond acceptors (Lipinski definition) is 7. The number of nitrogens with zero attached hydrogens (tertiary/aromatic N) is 5. The summed E-state index contributed by atoms with van der Waals surface area (Å²) in [5, 5.41) is 4.95. The maximum absolute atomic E-state index is 17.4. The lowest BCUT2D eigenvalue weighted by Gasteiger charge is -2.40. The van der Waals surface area contributed by atoms with Crippen LogP contribution in [0.5, 0.6) is 5.88 Å². The van der Waals surface area contributed by atoms with Crippen LogP contribution in [0.1, 0.15) is 37.7 Å². The van der Waals surface area contributed by atoms with Crippen LogP contribution < -0.4 is 20.6 Å². The maximum atomic E-state index is 17.4. The molecule has 1 N–H and O–H groups in total. The number of ether oxygens (including phenoxy) is 1. The van der Waals surface area contributed by atoms with Crippen LogP contribution in [0, 0.1) is 24.0 Å². The van der Waals surface area contributed by atoms with Gasteiger partial charge in [0, 0.05) is 48.2 Å². The largest absolute Gasteiger partial charge is 0.475 e. The van der Waals surface area contributed by atoms with Crippen molar-refractivity contribution in [3.63, 3.8) is 0 Å². The van der Waals surface area contributed by atoms with Gasteiger partial charge < -0.3 is 15.0 Å². The van der Waals surface area contributed by atoms with Crippen LogP contribution in [0.4, 0.5) is 19.0 Å². The highest BCUT2D eigenvalue weighted by Crippen LogP contribution is 2.45. The minimum Gasteiger partial charge on any atom is -0.475 e. The molecule has 0 amide bonds. The van der Waals surface area contributed by atoms with E-state index < -0.39 is 29.0 Å². The van der Waals surface area contributed by atoms with Crippen LogP contribution in [-0.2, 0) is 6.54 Å². The van der Waals surface area contributed by atoms with E-state index in [4.69, 9.17) is 16.1 Å². The van der Waals surface area contributed by atoms with E-state index in [1.807, 2.05) is 0 Å². The van der Waals surface area contributed by atoms with Gasteiger partial charge in [0.15, 0.2) is 5.82 Å². The Hall–Kier alpha value is -4.14. The lowest BCUT2D eigenvalue weighted by Crippen LogP contribution is -2.60. The fourth-order valence-corrected chi connectivity index (χ4v) is 8.88. The number of anilines is 1.